The maximum atomic E-state index is 9.40. The number of para-hydroxylation sites is 1. The van der Waals surface area contributed by atoms with Crippen LogP contribution in [0.3, 0.4) is 0 Å². The van der Waals surface area contributed by atoms with Gasteiger partial charge in [-0.1, -0.05) is 117 Å². The number of rotatable bonds is 4. The Morgan fingerprint density at radius 2 is 1.32 bits per heavy atom. The van der Waals surface area contributed by atoms with E-state index in [1.807, 2.05) is 83.8 Å². The van der Waals surface area contributed by atoms with Crippen molar-refractivity contribution in [2.75, 3.05) is 4.90 Å². The van der Waals surface area contributed by atoms with E-state index < -0.39 is 17.5 Å². The standard InChI is InChI=1S/C39H29NO/c1-39(2)32-17-8-6-14-29(32)30-16-10-19-34(38(30)39)40(28-24-22-27(23-25-28)26-12-4-3-5-13-26)33-18-11-21-36-37(33)31-15-7-9-20-35(31)41-36/h3-25H,1-2H3/i7D,9D,11D,15D,18D,20D,21D. The zero-order chi connectivity index (χ0) is 33.6. The number of nitrogens with zero attached hydrogens (tertiary/aromatic N) is 1. The Balaban J connectivity index is 1.51. The predicted molar refractivity (Wildman–Crippen MR) is 171 cm³/mol. The molecule has 0 saturated carbocycles. The molecule has 7 aromatic rings. The van der Waals surface area contributed by atoms with Gasteiger partial charge in [-0.2, -0.15) is 0 Å². The van der Waals surface area contributed by atoms with Crippen LogP contribution in [0.4, 0.5) is 17.1 Å². The predicted octanol–water partition coefficient (Wildman–Crippen LogP) is 11.0. The van der Waals surface area contributed by atoms with Gasteiger partial charge in [-0.25, -0.2) is 0 Å². The van der Waals surface area contributed by atoms with Gasteiger partial charge in [0.05, 0.1) is 26.4 Å². The quantitative estimate of drug-likeness (QED) is 0.223. The molecule has 0 aliphatic heterocycles. The highest BCUT2D eigenvalue weighted by Crippen LogP contribution is 2.55. The molecule has 2 nitrogen and oxygen atoms in total. The number of hydrogen-bond acceptors (Lipinski definition) is 2. The minimum atomic E-state index is -0.453. The summed E-state index contributed by atoms with van der Waals surface area (Å²) in [5, 5.41) is 0.273. The molecule has 1 aromatic heterocycles. The molecule has 0 fully saturated rings. The normalized spacial score (nSPS) is 15.7. The summed E-state index contributed by atoms with van der Waals surface area (Å²) in [6.07, 6.45) is 0. The highest BCUT2D eigenvalue weighted by molar-refractivity contribution is 6.13. The average molecular weight is 535 g/mol. The summed E-state index contributed by atoms with van der Waals surface area (Å²) in [7, 11) is 0. The first-order valence-electron chi connectivity index (χ1n) is 17.1. The summed E-state index contributed by atoms with van der Waals surface area (Å²) in [6.45, 7) is 4.34. The van der Waals surface area contributed by atoms with Crippen LogP contribution in [0.5, 0.6) is 0 Å². The summed E-state index contributed by atoms with van der Waals surface area (Å²) in [5.74, 6) is 0. The lowest BCUT2D eigenvalue weighted by Gasteiger charge is -2.32. The van der Waals surface area contributed by atoms with Gasteiger partial charge in [0.2, 0.25) is 0 Å². The molecule has 0 amide bonds. The minimum absolute atomic E-state index is 0.0611. The molecule has 8 rings (SSSR count). The summed E-state index contributed by atoms with van der Waals surface area (Å²) in [4.78, 5) is 1.90. The molecule has 0 unspecified atom stereocenters. The third-order valence-electron chi connectivity index (χ3n) is 8.18. The SMILES string of the molecule is [2H]c1c([2H])c([2H])c2c(oc3c([2H])c([2H])c([2H])c(N(c4ccc(-c5ccccc5)cc4)c4cccc5c4C(C)(C)c4ccccc4-5)c32)c1[2H]. The van der Waals surface area contributed by atoms with Crippen LogP contribution in [-0.2, 0) is 5.41 Å². The molecule has 0 atom stereocenters. The Kier molecular flexibility index (Phi) is 3.85. The number of benzene rings is 6. The molecular formula is C39H29NO. The van der Waals surface area contributed by atoms with Crippen LogP contribution < -0.4 is 4.90 Å². The first-order chi connectivity index (χ1) is 23.0. The lowest BCUT2D eigenvalue weighted by atomic mass is 9.81. The van der Waals surface area contributed by atoms with E-state index in [9.17, 15) is 1.37 Å². The van der Waals surface area contributed by atoms with E-state index in [-0.39, 0.29) is 57.8 Å². The number of anilines is 3. The maximum Gasteiger partial charge on any atom is 0.137 e. The Bertz CT molecular complexity index is 2450. The van der Waals surface area contributed by atoms with Gasteiger partial charge in [0.1, 0.15) is 11.2 Å². The van der Waals surface area contributed by atoms with Gasteiger partial charge in [-0.3, -0.25) is 0 Å². The summed E-state index contributed by atoms with van der Waals surface area (Å²) in [5.41, 5.74) is 7.39. The van der Waals surface area contributed by atoms with Crippen LogP contribution in [-0.4, -0.2) is 0 Å². The Hall–Kier alpha value is -5.08. The van der Waals surface area contributed by atoms with Crippen LogP contribution in [0.15, 0.2) is 144 Å². The van der Waals surface area contributed by atoms with Crippen molar-refractivity contribution in [3.63, 3.8) is 0 Å². The molecule has 0 bridgehead atoms. The van der Waals surface area contributed by atoms with Gasteiger partial charge in [-0.05, 0) is 69.7 Å². The second-order valence-corrected chi connectivity index (χ2v) is 10.9. The molecule has 6 aromatic carbocycles. The van der Waals surface area contributed by atoms with E-state index in [1.54, 1.807) is 0 Å². The van der Waals surface area contributed by atoms with E-state index in [0.717, 1.165) is 39.1 Å². The Morgan fingerprint density at radius 1 is 0.610 bits per heavy atom. The number of furan rings is 1. The highest BCUT2D eigenvalue weighted by atomic mass is 16.3. The Labute approximate surface area is 250 Å². The molecule has 0 N–H and O–H groups in total. The average Bonchev–Trinajstić information content (AvgIpc) is 3.62. The van der Waals surface area contributed by atoms with E-state index in [0.29, 0.717) is 5.69 Å². The monoisotopic (exact) mass is 534 g/mol. The second kappa shape index (κ2) is 8.97. The fourth-order valence-corrected chi connectivity index (χ4v) is 6.34. The van der Waals surface area contributed by atoms with Crippen LogP contribution >= 0.6 is 0 Å². The van der Waals surface area contributed by atoms with Crippen molar-refractivity contribution in [2.24, 2.45) is 0 Å². The first-order valence-corrected chi connectivity index (χ1v) is 13.6. The number of hydrogen-bond donors (Lipinski definition) is 0. The highest BCUT2D eigenvalue weighted by Gasteiger charge is 2.39. The van der Waals surface area contributed by atoms with Crippen LogP contribution in [0.1, 0.15) is 34.6 Å². The maximum absolute atomic E-state index is 9.40. The lowest BCUT2D eigenvalue weighted by molar-refractivity contribution is 0.661. The molecule has 0 spiro atoms. The zero-order valence-corrected chi connectivity index (χ0v) is 22.6. The van der Waals surface area contributed by atoms with Crippen molar-refractivity contribution in [2.45, 2.75) is 19.3 Å². The molecule has 0 saturated heterocycles. The largest absolute Gasteiger partial charge is 0.456 e. The summed E-state index contributed by atoms with van der Waals surface area (Å²) >= 11 is 0. The van der Waals surface area contributed by atoms with Gasteiger partial charge < -0.3 is 9.32 Å². The van der Waals surface area contributed by atoms with E-state index in [1.165, 1.54) is 0 Å². The topological polar surface area (TPSA) is 16.4 Å². The Morgan fingerprint density at radius 3 is 2.17 bits per heavy atom. The van der Waals surface area contributed by atoms with Gasteiger partial charge in [0.25, 0.3) is 0 Å². The summed E-state index contributed by atoms with van der Waals surface area (Å²) in [6, 6.07) is 29.7. The molecule has 1 heterocycles. The molecule has 0 radical (unpaired) electrons. The van der Waals surface area contributed by atoms with Crippen molar-refractivity contribution < 1.29 is 14.0 Å². The first kappa shape index (κ1) is 17.6. The molecule has 41 heavy (non-hydrogen) atoms. The molecule has 1 aliphatic carbocycles. The van der Waals surface area contributed by atoms with Crippen molar-refractivity contribution in [1.29, 1.82) is 0 Å². The van der Waals surface area contributed by atoms with Gasteiger partial charge >= 0.3 is 0 Å². The third kappa shape index (κ3) is 3.57. The van der Waals surface area contributed by atoms with E-state index >= 15 is 0 Å². The second-order valence-electron chi connectivity index (χ2n) is 10.9. The van der Waals surface area contributed by atoms with Crippen molar-refractivity contribution in [3.8, 4) is 22.3 Å². The molecule has 2 heteroatoms. The van der Waals surface area contributed by atoms with Crippen molar-refractivity contribution in [1.82, 2.24) is 0 Å². The van der Waals surface area contributed by atoms with Crippen molar-refractivity contribution >= 4 is 39.0 Å². The van der Waals surface area contributed by atoms with Crippen LogP contribution in [0.2, 0.25) is 0 Å². The van der Waals surface area contributed by atoms with Crippen LogP contribution in [0, 0.1) is 0 Å². The van der Waals surface area contributed by atoms with Crippen LogP contribution in [0.25, 0.3) is 44.2 Å². The number of fused-ring (bicyclic) bond motifs is 6. The van der Waals surface area contributed by atoms with Gasteiger partial charge in [0, 0.05) is 16.5 Å². The van der Waals surface area contributed by atoms with Gasteiger partial charge in [-0.15, -0.1) is 0 Å². The molecular weight excluding hydrogens is 498 g/mol. The molecule has 1 aliphatic rings. The van der Waals surface area contributed by atoms with E-state index in [2.05, 4.69) is 32.0 Å². The van der Waals surface area contributed by atoms with E-state index in [4.69, 9.17) is 12.6 Å². The molecule has 196 valence electrons. The lowest BCUT2D eigenvalue weighted by Crippen LogP contribution is -2.20. The minimum Gasteiger partial charge on any atom is -0.456 e. The zero-order valence-electron chi connectivity index (χ0n) is 29.6. The fraction of sp³-hybridized carbons (Fsp3) is 0.0769. The fourth-order valence-electron chi connectivity index (χ4n) is 6.34. The third-order valence-corrected chi connectivity index (χ3v) is 8.18. The summed E-state index contributed by atoms with van der Waals surface area (Å²) < 4.78 is 67.5. The van der Waals surface area contributed by atoms with Gasteiger partial charge in [0.15, 0.2) is 0 Å². The smallest absolute Gasteiger partial charge is 0.137 e. The van der Waals surface area contributed by atoms with Crippen molar-refractivity contribution in [3.05, 3.63) is 150 Å².